The van der Waals surface area contributed by atoms with Crippen molar-refractivity contribution in [3.63, 3.8) is 0 Å². The number of piperidine rings is 1. The van der Waals surface area contributed by atoms with Gasteiger partial charge in [-0.1, -0.05) is 19.9 Å². The highest BCUT2D eigenvalue weighted by atomic mass is 35.5. The third-order valence-corrected chi connectivity index (χ3v) is 5.66. The lowest BCUT2D eigenvalue weighted by Crippen LogP contribution is -2.40. The molecule has 162 valence electrons. The minimum Gasteiger partial charge on any atom is -0.341 e. The van der Waals surface area contributed by atoms with Gasteiger partial charge in [-0.2, -0.15) is 5.10 Å². The molecular formula is C20H29ClN8O. The van der Waals surface area contributed by atoms with Crippen LogP contribution in [0.5, 0.6) is 0 Å². The summed E-state index contributed by atoms with van der Waals surface area (Å²) >= 11 is 0. The van der Waals surface area contributed by atoms with E-state index in [1.807, 2.05) is 54.5 Å². The topological polar surface area (TPSA) is 107 Å². The number of halogens is 1. The standard InChI is InChI=1S/C20H28N8O.ClH/c1-13(2)18(21)20-22-14(3)25-28(20)12-17(29)26-10-7-15(8-11-26)19-24-23-16-6-4-5-9-27(16)19;/h4-6,9,13,15,18H,7-8,10-12,21H2,1-3H3;1H/t18-;/m0./s1. The summed E-state index contributed by atoms with van der Waals surface area (Å²) in [7, 11) is 0. The van der Waals surface area contributed by atoms with Gasteiger partial charge in [-0.3, -0.25) is 9.20 Å². The highest BCUT2D eigenvalue weighted by Crippen LogP contribution is 2.27. The predicted octanol–water partition coefficient (Wildman–Crippen LogP) is 2.11. The molecule has 0 unspecified atom stereocenters. The average molecular weight is 433 g/mol. The van der Waals surface area contributed by atoms with Crippen molar-refractivity contribution < 1.29 is 4.79 Å². The van der Waals surface area contributed by atoms with Crippen molar-refractivity contribution in [3.8, 4) is 0 Å². The fourth-order valence-electron chi connectivity index (χ4n) is 3.89. The van der Waals surface area contributed by atoms with Gasteiger partial charge in [-0.25, -0.2) is 9.67 Å². The minimum atomic E-state index is -0.240. The number of amides is 1. The smallest absolute Gasteiger partial charge is 0.244 e. The number of carbonyl (C=O) groups excluding carboxylic acids is 1. The zero-order valence-corrected chi connectivity index (χ0v) is 18.4. The molecule has 0 bridgehead atoms. The first-order valence-corrected chi connectivity index (χ1v) is 10.2. The lowest BCUT2D eigenvalue weighted by atomic mass is 9.96. The maximum Gasteiger partial charge on any atom is 0.244 e. The van der Waals surface area contributed by atoms with Crippen LogP contribution < -0.4 is 5.73 Å². The Balaban J connectivity index is 0.00000256. The molecule has 0 aromatic carbocycles. The van der Waals surface area contributed by atoms with Crippen LogP contribution in [0.2, 0.25) is 0 Å². The Kier molecular flexibility index (Phi) is 6.72. The molecule has 3 aromatic rings. The zero-order chi connectivity index (χ0) is 20.5. The molecule has 0 saturated carbocycles. The molecule has 1 atom stereocenters. The van der Waals surface area contributed by atoms with Crippen LogP contribution in [0.25, 0.3) is 5.65 Å². The first-order chi connectivity index (χ1) is 13.9. The van der Waals surface area contributed by atoms with E-state index in [-0.39, 0.29) is 36.8 Å². The molecule has 4 heterocycles. The second kappa shape index (κ2) is 9.09. The third kappa shape index (κ3) is 4.32. The Bertz CT molecular complexity index is 1010. The van der Waals surface area contributed by atoms with Crippen LogP contribution in [0.4, 0.5) is 0 Å². The maximum absolute atomic E-state index is 12.9. The van der Waals surface area contributed by atoms with Crippen molar-refractivity contribution in [1.29, 1.82) is 0 Å². The second-order valence-electron chi connectivity index (χ2n) is 8.09. The van der Waals surface area contributed by atoms with E-state index >= 15 is 0 Å². The number of aryl methyl sites for hydroxylation is 1. The van der Waals surface area contributed by atoms with Crippen LogP contribution in [0, 0.1) is 12.8 Å². The summed E-state index contributed by atoms with van der Waals surface area (Å²) in [6.07, 6.45) is 3.74. The van der Waals surface area contributed by atoms with E-state index in [1.54, 1.807) is 4.68 Å². The molecule has 1 fully saturated rings. The Labute approximate surface area is 182 Å². The predicted molar refractivity (Wildman–Crippen MR) is 115 cm³/mol. The molecule has 0 spiro atoms. The number of fused-ring (bicyclic) bond motifs is 1. The van der Waals surface area contributed by atoms with Crippen LogP contribution in [0.3, 0.4) is 0 Å². The maximum atomic E-state index is 12.9. The van der Waals surface area contributed by atoms with Gasteiger partial charge < -0.3 is 10.6 Å². The number of hydrogen-bond acceptors (Lipinski definition) is 6. The van der Waals surface area contributed by atoms with E-state index in [0.717, 1.165) is 24.3 Å². The molecular weight excluding hydrogens is 404 g/mol. The molecule has 1 saturated heterocycles. The summed E-state index contributed by atoms with van der Waals surface area (Å²) in [6.45, 7) is 7.48. The van der Waals surface area contributed by atoms with Gasteiger partial charge in [-0.05, 0) is 37.8 Å². The van der Waals surface area contributed by atoms with Gasteiger partial charge in [0.2, 0.25) is 5.91 Å². The molecule has 1 aliphatic rings. The minimum absolute atomic E-state index is 0. The first kappa shape index (κ1) is 22.2. The third-order valence-electron chi connectivity index (χ3n) is 5.66. The Morgan fingerprint density at radius 3 is 2.67 bits per heavy atom. The zero-order valence-electron chi connectivity index (χ0n) is 17.6. The summed E-state index contributed by atoms with van der Waals surface area (Å²) in [5.74, 6) is 2.87. The molecule has 1 amide bonds. The van der Waals surface area contributed by atoms with E-state index in [2.05, 4.69) is 20.3 Å². The molecule has 3 aromatic heterocycles. The number of nitrogens with two attached hydrogens (primary N) is 1. The molecule has 0 aliphatic carbocycles. The van der Waals surface area contributed by atoms with Gasteiger partial charge in [0.05, 0.1) is 6.04 Å². The number of hydrogen-bond donors (Lipinski definition) is 1. The average Bonchev–Trinajstić information content (AvgIpc) is 3.30. The molecule has 1 aliphatic heterocycles. The molecule has 10 heteroatoms. The molecule has 9 nitrogen and oxygen atoms in total. The quantitative estimate of drug-likeness (QED) is 0.661. The van der Waals surface area contributed by atoms with Gasteiger partial charge in [0, 0.05) is 25.2 Å². The number of likely N-dealkylation sites (tertiary alicyclic amines) is 1. The van der Waals surface area contributed by atoms with E-state index in [0.29, 0.717) is 30.7 Å². The molecule has 2 N–H and O–H groups in total. The van der Waals surface area contributed by atoms with E-state index in [4.69, 9.17) is 5.73 Å². The van der Waals surface area contributed by atoms with E-state index in [1.165, 1.54) is 0 Å². The van der Waals surface area contributed by atoms with Crippen LogP contribution in [0.1, 0.15) is 56.1 Å². The van der Waals surface area contributed by atoms with Gasteiger partial charge >= 0.3 is 0 Å². The SMILES string of the molecule is Cc1nc([C@@H](N)C(C)C)n(CC(=O)N2CCC(c3nnc4ccccn34)CC2)n1.Cl. The van der Waals surface area contributed by atoms with Crippen molar-refractivity contribution in [2.75, 3.05) is 13.1 Å². The van der Waals surface area contributed by atoms with Crippen LogP contribution in [-0.2, 0) is 11.3 Å². The largest absolute Gasteiger partial charge is 0.341 e. The summed E-state index contributed by atoms with van der Waals surface area (Å²) < 4.78 is 3.71. The monoisotopic (exact) mass is 432 g/mol. The van der Waals surface area contributed by atoms with Gasteiger partial charge in [0.15, 0.2) is 5.65 Å². The number of carbonyl (C=O) groups is 1. The van der Waals surface area contributed by atoms with E-state index in [9.17, 15) is 4.79 Å². The number of pyridine rings is 1. The van der Waals surface area contributed by atoms with E-state index < -0.39 is 0 Å². The Morgan fingerprint density at radius 2 is 1.97 bits per heavy atom. The number of rotatable bonds is 5. The fourth-order valence-corrected chi connectivity index (χ4v) is 3.89. The van der Waals surface area contributed by atoms with Gasteiger partial charge in [0.25, 0.3) is 0 Å². The lowest BCUT2D eigenvalue weighted by molar-refractivity contribution is -0.133. The highest BCUT2D eigenvalue weighted by molar-refractivity contribution is 5.85. The van der Waals surface area contributed by atoms with Crippen LogP contribution >= 0.6 is 12.4 Å². The summed E-state index contributed by atoms with van der Waals surface area (Å²) in [6, 6.07) is 5.66. The van der Waals surface area contributed by atoms with Crippen molar-refractivity contribution in [3.05, 3.63) is 41.9 Å². The van der Waals surface area contributed by atoms with Crippen molar-refractivity contribution >= 4 is 24.0 Å². The first-order valence-electron chi connectivity index (χ1n) is 10.2. The van der Waals surface area contributed by atoms with Crippen LogP contribution in [-0.4, -0.2) is 53.3 Å². The fraction of sp³-hybridized carbons (Fsp3) is 0.550. The second-order valence-corrected chi connectivity index (χ2v) is 8.09. The highest BCUT2D eigenvalue weighted by Gasteiger charge is 2.28. The molecule has 0 radical (unpaired) electrons. The van der Waals surface area contributed by atoms with Crippen molar-refractivity contribution in [2.45, 2.75) is 52.1 Å². The number of nitrogens with zero attached hydrogens (tertiary/aromatic N) is 7. The van der Waals surface area contributed by atoms with Gasteiger partial charge in [0.1, 0.15) is 24.0 Å². The molecule has 30 heavy (non-hydrogen) atoms. The van der Waals surface area contributed by atoms with Crippen molar-refractivity contribution in [1.82, 2.24) is 34.3 Å². The summed E-state index contributed by atoms with van der Waals surface area (Å²) in [4.78, 5) is 19.2. The Hall–Kier alpha value is -2.52. The van der Waals surface area contributed by atoms with Crippen molar-refractivity contribution in [2.24, 2.45) is 11.7 Å². The van der Waals surface area contributed by atoms with Gasteiger partial charge in [-0.15, -0.1) is 22.6 Å². The Morgan fingerprint density at radius 1 is 1.23 bits per heavy atom. The molecule has 4 rings (SSSR count). The number of aromatic nitrogens is 6. The summed E-state index contributed by atoms with van der Waals surface area (Å²) in [5.41, 5.74) is 7.12. The van der Waals surface area contributed by atoms with Crippen LogP contribution in [0.15, 0.2) is 24.4 Å². The summed E-state index contributed by atoms with van der Waals surface area (Å²) in [5, 5.41) is 13.0. The lowest BCUT2D eigenvalue weighted by Gasteiger charge is -2.31. The normalized spacial score (nSPS) is 16.1.